The van der Waals surface area contributed by atoms with E-state index in [1.165, 1.54) is 17.5 Å². The SMILES string of the molecule is CC(C)CC(C)N(C)CC(N)c1ccc(C(C)(C)C)cc1. The number of hydrogen-bond donors (Lipinski definition) is 1. The Balaban J connectivity index is 2.65. The van der Waals surface area contributed by atoms with Gasteiger partial charge < -0.3 is 10.6 Å². The summed E-state index contributed by atoms with van der Waals surface area (Å²) in [6, 6.07) is 9.46. The highest BCUT2D eigenvalue weighted by Crippen LogP contribution is 2.24. The Morgan fingerprint density at radius 1 is 1.05 bits per heavy atom. The van der Waals surface area contributed by atoms with Gasteiger partial charge in [0.2, 0.25) is 0 Å². The summed E-state index contributed by atoms with van der Waals surface area (Å²) in [5.74, 6) is 0.727. The molecule has 0 aliphatic carbocycles. The third-order valence-corrected chi connectivity index (χ3v) is 4.25. The summed E-state index contributed by atoms with van der Waals surface area (Å²) in [5.41, 5.74) is 9.17. The standard InChI is InChI=1S/C19H34N2/c1-14(2)12-15(3)21(7)13-18(20)16-8-10-17(11-9-16)19(4,5)6/h8-11,14-15,18H,12-13,20H2,1-7H3. The Labute approximate surface area is 131 Å². The smallest absolute Gasteiger partial charge is 0.0424 e. The van der Waals surface area contributed by atoms with E-state index in [9.17, 15) is 0 Å². The summed E-state index contributed by atoms with van der Waals surface area (Å²) in [6.45, 7) is 14.5. The fourth-order valence-electron chi connectivity index (χ4n) is 2.69. The molecular formula is C19H34N2. The van der Waals surface area contributed by atoms with Crippen molar-refractivity contribution in [1.29, 1.82) is 0 Å². The van der Waals surface area contributed by atoms with Crippen molar-refractivity contribution in [2.24, 2.45) is 11.7 Å². The average molecular weight is 290 g/mol. The Kier molecular flexibility index (Phi) is 6.42. The van der Waals surface area contributed by atoms with Crippen molar-refractivity contribution in [3.8, 4) is 0 Å². The lowest BCUT2D eigenvalue weighted by Gasteiger charge is -2.29. The molecule has 0 fully saturated rings. The molecule has 1 aromatic carbocycles. The fourth-order valence-corrected chi connectivity index (χ4v) is 2.69. The monoisotopic (exact) mass is 290 g/mol. The molecule has 0 spiro atoms. The zero-order valence-electron chi connectivity index (χ0n) is 15.0. The van der Waals surface area contributed by atoms with Gasteiger partial charge in [-0.25, -0.2) is 0 Å². The Morgan fingerprint density at radius 3 is 2.00 bits per heavy atom. The van der Waals surface area contributed by atoms with Crippen LogP contribution in [-0.4, -0.2) is 24.5 Å². The zero-order chi connectivity index (χ0) is 16.2. The van der Waals surface area contributed by atoms with Gasteiger partial charge in [-0.15, -0.1) is 0 Å². The molecule has 1 aromatic rings. The molecule has 2 N–H and O–H groups in total. The molecule has 21 heavy (non-hydrogen) atoms. The van der Waals surface area contributed by atoms with Gasteiger partial charge in [0.25, 0.3) is 0 Å². The number of benzene rings is 1. The van der Waals surface area contributed by atoms with Crippen molar-refractivity contribution in [2.45, 2.75) is 65.5 Å². The predicted octanol–water partition coefficient (Wildman–Crippen LogP) is 4.35. The van der Waals surface area contributed by atoms with E-state index in [4.69, 9.17) is 5.73 Å². The minimum Gasteiger partial charge on any atom is -0.323 e. The molecule has 0 amide bonds. The van der Waals surface area contributed by atoms with Gasteiger partial charge in [0.15, 0.2) is 0 Å². The second-order valence-corrected chi connectivity index (χ2v) is 7.90. The van der Waals surface area contributed by atoms with Crippen LogP contribution in [0, 0.1) is 5.92 Å². The molecule has 2 heteroatoms. The predicted molar refractivity (Wildman–Crippen MR) is 93.6 cm³/mol. The summed E-state index contributed by atoms with van der Waals surface area (Å²) in [4.78, 5) is 2.38. The van der Waals surface area contributed by atoms with Crippen molar-refractivity contribution in [3.63, 3.8) is 0 Å². The average Bonchev–Trinajstić information content (AvgIpc) is 2.36. The Morgan fingerprint density at radius 2 is 1.57 bits per heavy atom. The molecule has 120 valence electrons. The first-order valence-electron chi connectivity index (χ1n) is 8.17. The van der Waals surface area contributed by atoms with Crippen LogP contribution in [-0.2, 0) is 5.41 Å². The largest absolute Gasteiger partial charge is 0.323 e. The van der Waals surface area contributed by atoms with Crippen LogP contribution in [0.5, 0.6) is 0 Å². The number of nitrogens with zero attached hydrogens (tertiary/aromatic N) is 1. The maximum Gasteiger partial charge on any atom is 0.0424 e. The summed E-state index contributed by atoms with van der Waals surface area (Å²) in [6.07, 6.45) is 1.21. The molecule has 0 bridgehead atoms. The van der Waals surface area contributed by atoms with Gasteiger partial charge in [-0.2, -0.15) is 0 Å². The van der Waals surface area contributed by atoms with Crippen LogP contribution < -0.4 is 5.73 Å². The number of rotatable bonds is 6. The fraction of sp³-hybridized carbons (Fsp3) is 0.684. The van der Waals surface area contributed by atoms with E-state index in [2.05, 4.69) is 77.8 Å². The second kappa shape index (κ2) is 7.42. The molecule has 2 unspecified atom stereocenters. The molecule has 0 saturated heterocycles. The normalized spacial score (nSPS) is 15.5. The summed E-state index contributed by atoms with van der Waals surface area (Å²) < 4.78 is 0. The minimum absolute atomic E-state index is 0.0821. The Bertz CT molecular complexity index is 414. The van der Waals surface area contributed by atoms with Gasteiger partial charge in [0.1, 0.15) is 0 Å². The first-order chi connectivity index (χ1) is 9.61. The second-order valence-electron chi connectivity index (χ2n) is 7.90. The molecule has 2 nitrogen and oxygen atoms in total. The van der Waals surface area contributed by atoms with Gasteiger partial charge in [0.05, 0.1) is 0 Å². The van der Waals surface area contributed by atoms with Crippen molar-refractivity contribution >= 4 is 0 Å². The van der Waals surface area contributed by atoms with Gasteiger partial charge in [-0.1, -0.05) is 58.9 Å². The van der Waals surface area contributed by atoms with Crippen LogP contribution in [0.4, 0.5) is 0 Å². The summed E-state index contributed by atoms with van der Waals surface area (Å²) in [5, 5.41) is 0. The van der Waals surface area contributed by atoms with Crippen molar-refractivity contribution in [3.05, 3.63) is 35.4 Å². The van der Waals surface area contributed by atoms with E-state index < -0.39 is 0 Å². The quantitative estimate of drug-likeness (QED) is 0.844. The van der Waals surface area contributed by atoms with Gasteiger partial charge >= 0.3 is 0 Å². The molecule has 1 rings (SSSR count). The van der Waals surface area contributed by atoms with Crippen LogP contribution in [0.25, 0.3) is 0 Å². The lowest BCUT2D eigenvalue weighted by atomic mass is 9.86. The van der Waals surface area contributed by atoms with E-state index in [-0.39, 0.29) is 11.5 Å². The highest BCUT2D eigenvalue weighted by atomic mass is 15.1. The molecule has 0 aliphatic heterocycles. The zero-order valence-corrected chi connectivity index (χ0v) is 15.0. The molecule has 0 heterocycles. The van der Waals surface area contributed by atoms with E-state index >= 15 is 0 Å². The highest BCUT2D eigenvalue weighted by molar-refractivity contribution is 5.29. The summed E-state index contributed by atoms with van der Waals surface area (Å²) in [7, 11) is 2.18. The minimum atomic E-state index is 0.0821. The lowest BCUT2D eigenvalue weighted by molar-refractivity contribution is 0.216. The van der Waals surface area contributed by atoms with Crippen LogP contribution in [0.15, 0.2) is 24.3 Å². The van der Waals surface area contributed by atoms with Gasteiger partial charge in [-0.05, 0) is 42.9 Å². The first-order valence-corrected chi connectivity index (χ1v) is 8.17. The third-order valence-electron chi connectivity index (χ3n) is 4.25. The van der Waals surface area contributed by atoms with E-state index in [0.29, 0.717) is 6.04 Å². The Hall–Kier alpha value is -0.860. The van der Waals surface area contributed by atoms with Crippen molar-refractivity contribution < 1.29 is 0 Å². The molecule has 0 aliphatic rings. The molecule has 0 saturated carbocycles. The maximum absolute atomic E-state index is 6.38. The van der Waals surface area contributed by atoms with E-state index in [0.717, 1.165) is 12.5 Å². The topological polar surface area (TPSA) is 29.3 Å². The van der Waals surface area contributed by atoms with Crippen molar-refractivity contribution in [2.75, 3.05) is 13.6 Å². The van der Waals surface area contributed by atoms with Crippen LogP contribution >= 0.6 is 0 Å². The molecule has 2 atom stereocenters. The highest BCUT2D eigenvalue weighted by Gasteiger charge is 2.17. The summed E-state index contributed by atoms with van der Waals surface area (Å²) >= 11 is 0. The number of likely N-dealkylation sites (N-methyl/N-ethyl adjacent to an activating group) is 1. The number of nitrogens with two attached hydrogens (primary N) is 1. The van der Waals surface area contributed by atoms with Crippen LogP contribution in [0.1, 0.15) is 65.1 Å². The lowest BCUT2D eigenvalue weighted by Crippen LogP contribution is -2.36. The third kappa shape index (κ3) is 5.80. The van der Waals surface area contributed by atoms with E-state index in [1.807, 2.05) is 0 Å². The van der Waals surface area contributed by atoms with Crippen LogP contribution in [0.2, 0.25) is 0 Å². The first kappa shape index (κ1) is 18.2. The maximum atomic E-state index is 6.38. The number of hydrogen-bond acceptors (Lipinski definition) is 2. The molecule has 0 aromatic heterocycles. The molecular weight excluding hydrogens is 256 g/mol. The molecule has 0 radical (unpaired) electrons. The van der Waals surface area contributed by atoms with Gasteiger partial charge in [-0.3, -0.25) is 0 Å². The van der Waals surface area contributed by atoms with Gasteiger partial charge in [0, 0.05) is 18.6 Å². The van der Waals surface area contributed by atoms with E-state index in [1.54, 1.807) is 0 Å². The van der Waals surface area contributed by atoms with Crippen LogP contribution in [0.3, 0.4) is 0 Å². The van der Waals surface area contributed by atoms with Crippen molar-refractivity contribution in [1.82, 2.24) is 4.90 Å².